The largest absolute Gasteiger partial charge is 0.396 e. The van der Waals surface area contributed by atoms with Gasteiger partial charge in [-0.3, -0.25) is 0 Å². The van der Waals surface area contributed by atoms with Crippen LogP contribution in [0.1, 0.15) is 31.7 Å². The van der Waals surface area contributed by atoms with Gasteiger partial charge in [0.1, 0.15) is 5.82 Å². The Morgan fingerprint density at radius 1 is 1.43 bits per heavy atom. The Balaban J connectivity index is 1.94. The van der Waals surface area contributed by atoms with Crippen molar-refractivity contribution in [2.75, 3.05) is 25.0 Å². The number of rotatable bonds is 3. The highest BCUT2D eigenvalue weighted by atomic mass is 19.1. The van der Waals surface area contributed by atoms with Crippen LogP contribution in [-0.4, -0.2) is 35.7 Å². The number of aliphatic hydroxyl groups is 1. The summed E-state index contributed by atoms with van der Waals surface area (Å²) < 4.78 is 13.5. The van der Waals surface area contributed by atoms with Crippen LogP contribution < -0.4 is 5.32 Å². The summed E-state index contributed by atoms with van der Waals surface area (Å²) in [6.07, 6.45) is 2.52. The first-order valence-corrected chi connectivity index (χ1v) is 7.42. The Morgan fingerprint density at radius 2 is 2.10 bits per heavy atom. The highest BCUT2D eigenvalue weighted by molar-refractivity contribution is 5.89. The van der Waals surface area contributed by atoms with Crippen molar-refractivity contribution < 1.29 is 14.3 Å². The summed E-state index contributed by atoms with van der Waals surface area (Å²) in [5, 5.41) is 12.2. The first-order chi connectivity index (χ1) is 9.99. The Bertz CT molecular complexity index is 505. The average molecular weight is 294 g/mol. The number of benzene rings is 1. The van der Waals surface area contributed by atoms with Crippen molar-refractivity contribution in [3.05, 3.63) is 29.6 Å². The lowest BCUT2D eigenvalue weighted by atomic mass is 9.77. The molecule has 1 aliphatic rings. The van der Waals surface area contributed by atoms with E-state index in [4.69, 9.17) is 0 Å². The Labute approximate surface area is 125 Å². The van der Waals surface area contributed by atoms with Gasteiger partial charge in [-0.1, -0.05) is 13.0 Å². The van der Waals surface area contributed by atoms with Gasteiger partial charge in [-0.15, -0.1) is 0 Å². The Hall–Kier alpha value is -1.62. The maximum atomic E-state index is 13.5. The zero-order chi connectivity index (χ0) is 15.5. The molecule has 0 radical (unpaired) electrons. The maximum Gasteiger partial charge on any atom is 0.321 e. The van der Waals surface area contributed by atoms with Crippen LogP contribution in [0.2, 0.25) is 0 Å². The van der Waals surface area contributed by atoms with Gasteiger partial charge in [-0.2, -0.15) is 0 Å². The third kappa shape index (κ3) is 3.53. The lowest BCUT2D eigenvalue weighted by Crippen LogP contribution is -2.46. The van der Waals surface area contributed by atoms with Gasteiger partial charge in [0.25, 0.3) is 0 Å². The fraction of sp³-hybridized carbons (Fsp3) is 0.562. The molecule has 2 N–H and O–H groups in total. The third-order valence-corrected chi connectivity index (χ3v) is 4.62. The van der Waals surface area contributed by atoms with Crippen molar-refractivity contribution in [3.63, 3.8) is 0 Å². The molecule has 1 heterocycles. The average Bonchev–Trinajstić information content (AvgIpc) is 2.51. The van der Waals surface area contributed by atoms with Crippen molar-refractivity contribution in [2.24, 2.45) is 5.41 Å². The fourth-order valence-corrected chi connectivity index (χ4v) is 2.68. The molecular weight excluding hydrogens is 271 g/mol. The van der Waals surface area contributed by atoms with Crippen LogP contribution in [0.15, 0.2) is 18.2 Å². The molecule has 1 aliphatic heterocycles. The van der Waals surface area contributed by atoms with E-state index in [2.05, 4.69) is 12.2 Å². The molecule has 0 saturated carbocycles. The number of carbonyl (C=O) groups is 1. The lowest BCUT2D eigenvalue weighted by Gasteiger charge is -2.40. The van der Waals surface area contributed by atoms with Crippen LogP contribution in [0.4, 0.5) is 14.9 Å². The number of aliphatic hydroxyl groups excluding tert-OH is 1. The fourth-order valence-electron chi connectivity index (χ4n) is 2.68. The first-order valence-electron chi connectivity index (χ1n) is 7.42. The minimum Gasteiger partial charge on any atom is -0.396 e. The van der Waals surface area contributed by atoms with Crippen LogP contribution >= 0.6 is 0 Å². The molecule has 0 spiro atoms. The van der Waals surface area contributed by atoms with Crippen LogP contribution in [0, 0.1) is 18.2 Å². The van der Waals surface area contributed by atoms with Crippen molar-refractivity contribution in [1.82, 2.24) is 4.90 Å². The molecule has 116 valence electrons. The molecule has 2 amide bonds. The summed E-state index contributed by atoms with van der Waals surface area (Å²) in [5.74, 6) is -0.322. The van der Waals surface area contributed by atoms with Crippen LogP contribution in [0.5, 0.6) is 0 Å². The molecule has 1 aromatic carbocycles. The number of nitrogens with zero attached hydrogens (tertiary/aromatic N) is 1. The highest BCUT2D eigenvalue weighted by Crippen LogP contribution is 2.34. The number of likely N-dealkylation sites (tertiary alicyclic amines) is 1. The second-order valence-corrected chi connectivity index (χ2v) is 5.89. The van der Waals surface area contributed by atoms with E-state index in [0.717, 1.165) is 19.3 Å². The molecule has 0 aromatic heterocycles. The normalized spacial score (nSPS) is 17.6. The molecule has 0 aliphatic carbocycles. The van der Waals surface area contributed by atoms with E-state index in [1.807, 2.05) is 0 Å². The van der Waals surface area contributed by atoms with Crippen molar-refractivity contribution >= 4 is 11.7 Å². The molecule has 2 rings (SSSR count). The first kappa shape index (κ1) is 15.8. The van der Waals surface area contributed by atoms with E-state index < -0.39 is 0 Å². The quantitative estimate of drug-likeness (QED) is 0.899. The topological polar surface area (TPSA) is 52.6 Å². The monoisotopic (exact) mass is 294 g/mol. The van der Waals surface area contributed by atoms with Gasteiger partial charge >= 0.3 is 6.03 Å². The predicted octanol–water partition coefficient (Wildman–Crippen LogP) is 3.15. The van der Waals surface area contributed by atoms with Crippen LogP contribution in [-0.2, 0) is 0 Å². The highest BCUT2D eigenvalue weighted by Gasteiger charge is 2.33. The Morgan fingerprint density at radius 3 is 2.62 bits per heavy atom. The molecular formula is C16H23FN2O2. The molecule has 5 heteroatoms. The smallest absolute Gasteiger partial charge is 0.321 e. The van der Waals surface area contributed by atoms with Gasteiger partial charge in [-0.05, 0) is 49.3 Å². The second-order valence-electron chi connectivity index (χ2n) is 5.89. The number of anilines is 1. The summed E-state index contributed by atoms with van der Waals surface area (Å²) >= 11 is 0. The van der Waals surface area contributed by atoms with Crippen LogP contribution in [0.25, 0.3) is 0 Å². The Kier molecular flexibility index (Phi) is 4.83. The predicted molar refractivity (Wildman–Crippen MR) is 80.8 cm³/mol. The van der Waals surface area contributed by atoms with Gasteiger partial charge in [0.2, 0.25) is 0 Å². The van der Waals surface area contributed by atoms with Gasteiger partial charge in [0.05, 0.1) is 0 Å². The van der Waals surface area contributed by atoms with Crippen LogP contribution in [0.3, 0.4) is 0 Å². The molecule has 0 unspecified atom stereocenters. The molecule has 21 heavy (non-hydrogen) atoms. The summed E-state index contributed by atoms with van der Waals surface area (Å²) in [6, 6.07) is 4.47. The maximum absolute atomic E-state index is 13.5. The van der Waals surface area contributed by atoms with E-state index in [-0.39, 0.29) is 23.9 Å². The van der Waals surface area contributed by atoms with E-state index in [1.54, 1.807) is 24.0 Å². The number of nitrogens with one attached hydrogen (secondary N) is 1. The minimum atomic E-state index is -0.322. The third-order valence-electron chi connectivity index (χ3n) is 4.62. The number of carbonyl (C=O) groups excluding carboxylic acids is 1. The molecule has 1 aromatic rings. The molecule has 0 bridgehead atoms. The minimum absolute atomic E-state index is 0.0489. The number of urea groups is 1. The van der Waals surface area contributed by atoms with E-state index in [1.165, 1.54) is 6.07 Å². The van der Waals surface area contributed by atoms with Crippen molar-refractivity contribution in [3.8, 4) is 0 Å². The molecule has 1 fully saturated rings. The molecule has 1 saturated heterocycles. The summed E-state index contributed by atoms with van der Waals surface area (Å²) in [6.45, 7) is 5.16. The van der Waals surface area contributed by atoms with Crippen molar-refractivity contribution in [1.29, 1.82) is 0 Å². The number of hydrogen-bond donors (Lipinski definition) is 2. The number of halogens is 1. The van der Waals surface area contributed by atoms with Gasteiger partial charge < -0.3 is 15.3 Å². The van der Waals surface area contributed by atoms with E-state index in [0.29, 0.717) is 24.3 Å². The number of aryl methyl sites for hydroxylation is 1. The number of hydrogen-bond acceptors (Lipinski definition) is 2. The van der Waals surface area contributed by atoms with Gasteiger partial charge in [0, 0.05) is 25.4 Å². The van der Waals surface area contributed by atoms with E-state index in [9.17, 15) is 14.3 Å². The summed E-state index contributed by atoms with van der Waals surface area (Å²) in [7, 11) is 0. The van der Waals surface area contributed by atoms with Crippen molar-refractivity contribution in [2.45, 2.75) is 33.1 Å². The molecule has 0 atom stereocenters. The summed E-state index contributed by atoms with van der Waals surface area (Å²) in [4.78, 5) is 13.9. The SMILES string of the molecule is CCC1(CO)CCN(C(=O)Nc2ccc(C)c(F)c2)CC1. The van der Waals surface area contributed by atoms with E-state index >= 15 is 0 Å². The lowest BCUT2D eigenvalue weighted by molar-refractivity contribution is 0.0542. The molecule has 4 nitrogen and oxygen atoms in total. The van der Waals surface area contributed by atoms with Gasteiger partial charge in [0.15, 0.2) is 0 Å². The zero-order valence-electron chi connectivity index (χ0n) is 12.7. The standard InChI is InChI=1S/C16H23FN2O2/c1-3-16(11-20)6-8-19(9-7-16)15(21)18-13-5-4-12(2)14(17)10-13/h4-5,10,20H,3,6-9,11H2,1-2H3,(H,18,21). The number of amides is 2. The zero-order valence-corrected chi connectivity index (χ0v) is 12.7. The van der Waals surface area contributed by atoms with Gasteiger partial charge in [-0.25, -0.2) is 9.18 Å². The second kappa shape index (κ2) is 6.43. The summed E-state index contributed by atoms with van der Waals surface area (Å²) in [5.41, 5.74) is 0.978. The number of piperidine rings is 1.